The van der Waals surface area contributed by atoms with E-state index < -0.39 is 0 Å². The van der Waals surface area contributed by atoms with E-state index in [1.807, 2.05) is 0 Å². The van der Waals surface area contributed by atoms with Crippen molar-refractivity contribution in [2.45, 2.75) is 12.8 Å². The number of hydrogen-bond acceptors (Lipinski definition) is 1. The van der Waals surface area contributed by atoms with Crippen LogP contribution >= 0.6 is 31.9 Å². The molecule has 80 valence electrons. The summed E-state index contributed by atoms with van der Waals surface area (Å²) in [7, 11) is 0. The molecule has 0 spiro atoms. The summed E-state index contributed by atoms with van der Waals surface area (Å²) in [4.78, 5) is 12.4. The van der Waals surface area contributed by atoms with Crippen LogP contribution in [0.5, 0.6) is 0 Å². The smallest absolute Gasteiger partial charge is 0.214 e. The Bertz CT molecular complexity index is 422. The second kappa shape index (κ2) is 4.22. The Morgan fingerprint density at radius 2 is 2.20 bits per heavy atom. The van der Waals surface area contributed by atoms with Gasteiger partial charge < -0.3 is 4.90 Å². The molecule has 0 saturated carbocycles. The molecular weight excluding hydrogens is 329 g/mol. The zero-order chi connectivity index (χ0) is 11.0. The number of rotatable bonds is 1. The Balaban J connectivity index is 2.63. The predicted molar refractivity (Wildman–Crippen MR) is 63.5 cm³/mol. The molecular formula is C10H8Br2FNO. The van der Waals surface area contributed by atoms with Crippen LogP contribution in [0, 0.1) is 5.82 Å². The molecule has 0 saturated heterocycles. The zero-order valence-electron chi connectivity index (χ0n) is 7.77. The average Bonchev–Trinajstić information content (AvgIpc) is 2.25. The minimum atomic E-state index is -0.304. The van der Waals surface area contributed by atoms with Gasteiger partial charge in [-0.25, -0.2) is 4.39 Å². The van der Waals surface area contributed by atoms with Crippen molar-refractivity contribution in [3.05, 3.63) is 26.4 Å². The minimum Gasteiger partial charge on any atom is -0.315 e. The Labute approximate surface area is 104 Å². The monoisotopic (exact) mass is 335 g/mol. The minimum absolute atomic E-state index is 0.304. The van der Waals surface area contributed by atoms with Gasteiger partial charge in [0.15, 0.2) is 5.82 Å². The molecule has 5 heteroatoms. The number of anilines is 1. The van der Waals surface area contributed by atoms with Gasteiger partial charge in [0.05, 0.1) is 8.95 Å². The molecule has 0 aromatic heterocycles. The Morgan fingerprint density at radius 3 is 2.87 bits per heavy atom. The van der Waals surface area contributed by atoms with E-state index in [4.69, 9.17) is 0 Å². The molecule has 0 fully saturated rings. The first-order chi connectivity index (χ1) is 7.15. The molecule has 0 radical (unpaired) electrons. The third kappa shape index (κ3) is 1.83. The van der Waals surface area contributed by atoms with Crippen molar-refractivity contribution in [3.63, 3.8) is 0 Å². The van der Waals surface area contributed by atoms with Gasteiger partial charge in [-0.1, -0.05) is 0 Å². The fourth-order valence-corrected chi connectivity index (χ4v) is 3.07. The van der Waals surface area contributed by atoms with Gasteiger partial charge in [0.2, 0.25) is 6.41 Å². The van der Waals surface area contributed by atoms with Crippen molar-refractivity contribution in [2.24, 2.45) is 0 Å². The average molecular weight is 337 g/mol. The van der Waals surface area contributed by atoms with Gasteiger partial charge in [-0.3, -0.25) is 4.79 Å². The van der Waals surface area contributed by atoms with E-state index in [-0.39, 0.29) is 5.82 Å². The molecule has 1 heterocycles. The highest BCUT2D eigenvalue weighted by molar-refractivity contribution is 9.11. The van der Waals surface area contributed by atoms with Crippen LogP contribution in [0.3, 0.4) is 0 Å². The Morgan fingerprint density at radius 1 is 1.47 bits per heavy atom. The van der Waals surface area contributed by atoms with Crippen LogP contribution in [0.1, 0.15) is 12.0 Å². The molecule has 1 amide bonds. The van der Waals surface area contributed by atoms with Crippen LogP contribution in [0.25, 0.3) is 0 Å². The van der Waals surface area contributed by atoms with Crippen molar-refractivity contribution in [3.8, 4) is 0 Å². The molecule has 0 N–H and O–H groups in total. The van der Waals surface area contributed by atoms with Gasteiger partial charge >= 0.3 is 0 Å². The maximum atomic E-state index is 13.5. The number of hydrogen-bond donors (Lipinski definition) is 0. The third-order valence-corrected chi connectivity index (χ3v) is 3.91. The van der Waals surface area contributed by atoms with E-state index in [1.165, 1.54) is 0 Å². The normalized spacial score (nSPS) is 15.0. The van der Waals surface area contributed by atoms with Crippen LogP contribution < -0.4 is 4.90 Å². The lowest BCUT2D eigenvalue weighted by atomic mass is 10.0. The van der Waals surface area contributed by atoms with Crippen LogP contribution in [0.2, 0.25) is 0 Å². The lowest BCUT2D eigenvalue weighted by Crippen LogP contribution is -2.28. The Kier molecular flexibility index (Phi) is 3.11. The molecule has 1 aliphatic rings. The fraction of sp³-hybridized carbons (Fsp3) is 0.300. The van der Waals surface area contributed by atoms with Crippen molar-refractivity contribution < 1.29 is 9.18 Å². The summed E-state index contributed by atoms with van der Waals surface area (Å²) < 4.78 is 14.4. The first-order valence-electron chi connectivity index (χ1n) is 4.53. The largest absolute Gasteiger partial charge is 0.315 e. The molecule has 15 heavy (non-hydrogen) atoms. The number of nitrogens with zero attached hydrogens (tertiary/aromatic N) is 1. The van der Waals surface area contributed by atoms with Gasteiger partial charge in [-0.15, -0.1) is 0 Å². The fourth-order valence-electron chi connectivity index (χ4n) is 1.77. The summed E-state index contributed by atoms with van der Waals surface area (Å²) in [6, 6.07) is 1.66. The maximum absolute atomic E-state index is 13.5. The van der Waals surface area contributed by atoms with Crippen LogP contribution in [-0.4, -0.2) is 13.0 Å². The predicted octanol–water partition coefficient (Wildman–Crippen LogP) is 3.26. The van der Waals surface area contributed by atoms with E-state index in [0.717, 1.165) is 30.5 Å². The molecule has 1 aliphatic heterocycles. The number of fused-ring (bicyclic) bond motifs is 1. The van der Waals surface area contributed by atoms with E-state index in [2.05, 4.69) is 31.9 Å². The summed E-state index contributed by atoms with van der Waals surface area (Å²) >= 11 is 6.36. The molecule has 0 bridgehead atoms. The van der Waals surface area contributed by atoms with Crippen molar-refractivity contribution in [2.75, 3.05) is 11.4 Å². The van der Waals surface area contributed by atoms with Crippen LogP contribution in [0.15, 0.2) is 15.0 Å². The lowest BCUT2D eigenvalue weighted by molar-refractivity contribution is -0.107. The summed E-state index contributed by atoms with van der Waals surface area (Å²) in [6.45, 7) is 0.695. The number of benzene rings is 1. The van der Waals surface area contributed by atoms with Crippen molar-refractivity contribution in [1.82, 2.24) is 0 Å². The van der Waals surface area contributed by atoms with Gasteiger partial charge in [0, 0.05) is 12.2 Å². The summed E-state index contributed by atoms with van der Waals surface area (Å²) in [5.41, 5.74) is 1.66. The molecule has 2 rings (SSSR count). The molecule has 0 unspecified atom stereocenters. The van der Waals surface area contributed by atoms with Crippen molar-refractivity contribution >= 4 is 44.0 Å². The number of amides is 1. The lowest BCUT2D eigenvalue weighted by Gasteiger charge is -2.27. The molecule has 0 aliphatic carbocycles. The quantitative estimate of drug-likeness (QED) is 0.569. The van der Waals surface area contributed by atoms with Crippen LogP contribution in [-0.2, 0) is 11.2 Å². The van der Waals surface area contributed by atoms with Crippen LogP contribution in [0.4, 0.5) is 10.1 Å². The van der Waals surface area contributed by atoms with Crippen molar-refractivity contribution in [1.29, 1.82) is 0 Å². The second-order valence-electron chi connectivity index (χ2n) is 3.39. The second-order valence-corrected chi connectivity index (χ2v) is 5.03. The number of halogens is 3. The first kappa shape index (κ1) is 11.1. The third-order valence-electron chi connectivity index (χ3n) is 2.50. The maximum Gasteiger partial charge on any atom is 0.214 e. The van der Waals surface area contributed by atoms with E-state index in [0.29, 0.717) is 15.5 Å². The SMILES string of the molecule is O=CN1CCCc2c1cc(Br)c(F)c2Br. The highest BCUT2D eigenvalue weighted by Crippen LogP contribution is 2.37. The van der Waals surface area contributed by atoms with Gasteiger partial charge in [-0.05, 0) is 56.3 Å². The zero-order valence-corrected chi connectivity index (χ0v) is 10.9. The van der Waals surface area contributed by atoms with E-state index >= 15 is 0 Å². The summed E-state index contributed by atoms with van der Waals surface area (Å²) in [6.07, 6.45) is 2.45. The molecule has 2 nitrogen and oxygen atoms in total. The molecule has 1 aromatic carbocycles. The van der Waals surface area contributed by atoms with Gasteiger partial charge in [0.1, 0.15) is 0 Å². The summed E-state index contributed by atoms with van der Waals surface area (Å²) in [5.74, 6) is -0.304. The topological polar surface area (TPSA) is 20.3 Å². The highest BCUT2D eigenvalue weighted by atomic mass is 79.9. The number of carbonyl (C=O) groups is 1. The molecule has 1 aromatic rings. The molecule has 0 atom stereocenters. The van der Waals surface area contributed by atoms with E-state index in [1.54, 1.807) is 11.0 Å². The van der Waals surface area contributed by atoms with E-state index in [9.17, 15) is 9.18 Å². The standard InChI is InChI=1S/C10H8Br2FNO/c11-7-4-8-6(9(12)10(7)13)2-1-3-14(8)5-15/h4-5H,1-3H2. The van der Waals surface area contributed by atoms with Gasteiger partial charge in [0.25, 0.3) is 0 Å². The highest BCUT2D eigenvalue weighted by Gasteiger charge is 2.22. The Hall–Kier alpha value is -0.420. The first-order valence-corrected chi connectivity index (χ1v) is 6.12. The number of carbonyl (C=O) groups excluding carboxylic acids is 1. The summed E-state index contributed by atoms with van der Waals surface area (Å²) in [5, 5.41) is 0. The van der Waals surface area contributed by atoms with Gasteiger partial charge in [-0.2, -0.15) is 0 Å².